The van der Waals surface area contributed by atoms with Crippen LogP contribution in [0, 0.1) is 0 Å². The largest absolute Gasteiger partial charge is 0.496 e. The van der Waals surface area contributed by atoms with Gasteiger partial charge in [0.05, 0.1) is 12.7 Å². The van der Waals surface area contributed by atoms with Crippen molar-refractivity contribution in [3.05, 3.63) is 28.8 Å². The van der Waals surface area contributed by atoms with Crippen LogP contribution in [-0.2, 0) is 0 Å². The van der Waals surface area contributed by atoms with E-state index in [9.17, 15) is 4.79 Å². The summed E-state index contributed by atoms with van der Waals surface area (Å²) in [6, 6.07) is 4.86. The monoisotopic (exact) mass is 254 g/mol. The lowest BCUT2D eigenvalue weighted by Gasteiger charge is -2.07. The minimum atomic E-state index is -0.336. The normalized spacial score (nSPS) is 11.2. The van der Waals surface area contributed by atoms with Crippen molar-refractivity contribution in [3.63, 3.8) is 0 Å². The fourth-order valence-electron chi connectivity index (χ4n) is 1.14. The first-order valence-electron chi connectivity index (χ1n) is 5.25. The van der Waals surface area contributed by atoms with E-state index in [1.54, 1.807) is 18.2 Å². The third-order valence-corrected chi connectivity index (χ3v) is 2.50. The molecule has 1 amide bonds. The topological polar surface area (TPSA) is 50.7 Å². The highest BCUT2D eigenvalue weighted by Crippen LogP contribution is 2.22. The van der Waals surface area contributed by atoms with Gasteiger partial charge < -0.3 is 4.74 Å². The molecule has 0 unspecified atom stereocenters. The molecule has 1 aromatic carbocycles. The summed E-state index contributed by atoms with van der Waals surface area (Å²) in [4.78, 5) is 11.8. The number of rotatable bonds is 4. The van der Waals surface area contributed by atoms with Crippen molar-refractivity contribution >= 4 is 23.2 Å². The zero-order valence-corrected chi connectivity index (χ0v) is 10.8. The van der Waals surface area contributed by atoms with E-state index >= 15 is 0 Å². The first-order valence-corrected chi connectivity index (χ1v) is 5.63. The van der Waals surface area contributed by atoms with Crippen LogP contribution in [0.5, 0.6) is 5.75 Å². The van der Waals surface area contributed by atoms with Gasteiger partial charge in [-0.15, -0.1) is 0 Å². The smallest absolute Gasteiger partial charge is 0.275 e. The third kappa shape index (κ3) is 3.75. The summed E-state index contributed by atoms with van der Waals surface area (Å²) in [5.41, 5.74) is 3.68. The quantitative estimate of drug-likeness (QED) is 0.664. The summed E-state index contributed by atoms with van der Waals surface area (Å²) in [6.07, 6.45) is 0.785. The number of methoxy groups -OCH3 is 1. The van der Waals surface area contributed by atoms with Crippen LogP contribution in [-0.4, -0.2) is 18.7 Å². The zero-order valence-electron chi connectivity index (χ0n) is 10.1. The molecule has 0 saturated carbocycles. The highest BCUT2D eigenvalue weighted by atomic mass is 35.5. The van der Waals surface area contributed by atoms with Crippen LogP contribution in [0.25, 0.3) is 0 Å². The number of ether oxygens (including phenoxy) is 1. The molecule has 0 saturated heterocycles. The van der Waals surface area contributed by atoms with Gasteiger partial charge in [0.25, 0.3) is 5.91 Å². The number of amides is 1. The molecule has 0 aliphatic rings. The Kier molecular flexibility index (Phi) is 4.97. The predicted molar refractivity (Wildman–Crippen MR) is 68.9 cm³/mol. The van der Waals surface area contributed by atoms with Crippen molar-refractivity contribution in [1.29, 1.82) is 0 Å². The van der Waals surface area contributed by atoms with E-state index in [2.05, 4.69) is 10.5 Å². The van der Waals surface area contributed by atoms with Crippen LogP contribution in [0.3, 0.4) is 0 Å². The van der Waals surface area contributed by atoms with Crippen LogP contribution in [0.4, 0.5) is 0 Å². The molecular formula is C12H15ClN2O2. The van der Waals surface area contributed by atoms with Crippen molar-refractivity contribution in [2.75, 3.05) is 7.11 Å². The molecule has 0 atom stereocenters. The van der Waals surface area contributed by atoms with E-state index in [0.29, 0.717) is 16.3 Å². The van der Waals surface area contributed by atoms with E-state index < -0.39 is 0 Å². The molecule has 4 nitrogen and oxygen atoms in total. The Bertz CT molecular complexity index is 444. The molecule has 0 bridgehead atoms. The molecule has 0 fully saturated rings. The predicted octanol–water partition coefficient (Wildman–Crippen LogP) is 2.86. The van der Waals surface area contributed by atoms with Gasteiger partial charge >= 0.3 is 0 Å². The van der Waals surface area contributed by atoms with E-state index in [1.807, 2.05) is 13.8 Å². The first-order chi connectivity index (χ1) is 8.08. The summed E-state index contributed by atoms with van der Waals surface area (Å²) in [7, 11) is 1.50. The number of carbonyl (C=O) groups is 1. The maximum Gasteiger partial charge on any atom is 0.275 e. The molecule has 0 radical (unpaired) electrons. The van der Waals surface area contributed by atoms with Gasteiger partial charge in [-0.3, -0.25) is 4.79 Å². The number of nitrogens with one attached hydrogen (secondary N) is 1. The number of hydrazone groups is 1. The molecule has 5 heteroatoms. The van der Waals surface area contributed by atoms with E-state index in [-0.39, 0.29) is 5.91 Å². The first kappa shape index (κ1) is 13.5. The second-order valence-corrected chi connectivity index (χ2v) is 3.92. The molecular weight excluding hydrogens is 240 g/mol. The van der Waals surface area contributed by atoms with Gasteiger partial charge in [-0.2, -0.15) is 5.10 Å². The van der Waals surface area contributed by atoms with E-state index in [1.165, 1.54) is 7.11 Å². The highest BCUT2D eigenvalue weighted by molar-refractivity contribution is 6.31. The molecule has 0 aromatic heterocycles. The van der Waals surface area contributed by atoms with Crippen molar-refractivity contribution in [2.24, 2.45) is 5.10 Å². The van der Waals surface area contributed by atoms with Crippen molar-refractivity contribution in [2.45, 2.75) is 20.3 Å². The number of benzene rings is 1. The number of halogens is 1. The minimum absolute atomic E-state index is 0.336. The number of hydrogen-bond acceptors (Lipinski definition) is 3. The van der Waals surface area contributed by atoms with Gasteiger partial charge in [-0.25, -0.2) is 5.43 Å². The lowest BCUT2D eigenvalue weighted by atomic mass is 10.2. The molecule has 17 heavy (non-hydrogen) atoms. The van der Waals surface area contributed by atoms with Crippen LogP contribution in [0.2, 0.25) is 5.02 Å². The van der Waals surface area contributed by atoms with Crippen molar-refractivity contribution < 1.29 is 9.53 Å². The second kappa shape index (κ2) is 6.25. The average molecular weight is 255 g/mol. The maximum atomic E-state index is 11.8. The Morgan fingerprint density at radius 1 is 1.53 bits per heavy atom. The Labute approximate surface area is 106 Å². The van der Waals surface area contributed by atoms with Gasteiger partial charge in [0.2, 0.25) is 0 Å². The van der Waals surface area contributed by atoms with E-state index in [4.69, 9.17) is 16.3 Å². The SMILES string of the molecule is CC/C(C)=N/NC(=O)c1cc(Cl)ccc1OC. The molecule has 0 spiro atoms. The summed E-state index contributed by atoms with van der Waals surface area (Å²) in [6.45, 7) is 3.81. The van der Waals surface area contributed by atoms with Crippen LogP contribution in [0.1, 0.15) is 30.6 Å². The number of nitrogens with zero attached hydrogens (tertiary/aromatic N) is 1. The fourth-order valence-corrected chi connectivity index (χ4v) is 1.32. The summed E-state index contributed by atoms with van der Waals surface area (Å²) >= 11 is 5.84. The van der Waals surface area contributed by atoms with Gasteiger partial charge in [-0.1, -0.05) is 18.5 Å². The van der Waals surface area contributed by atoms with Gasteiger partial charge in [0, 0.05) is 10.7 Å². The van der Waals surface area contributed by atoms with Crippen LogP contribution in [0.15, 0.2) is 23.3 Å². The van der Waals surface area contributed by atoms with Crippen LogP contribution < -0.4 is 10.2 Å². The van der Waals surface area contributed by atoms with Crippen molar-refractivity contribution in [1.82, 2.24) is 5.43 Å². The molecule has 92 valence electrons. The maximum absolute atomic E-state index is 11.8. The summed E-state index contributed by atoms with van der Waals surface area (Å²) in [5, 5.41) is 4.42. The molecule has 1 aromatic rings. The number of hydrogen-bond donors (Lipinski definition) is 1. The van der Waals surface area contributed by atoms with Crippen molar-refractivity contribution in [3.8, 4) is 5.75 Å². The molecule has 0 aliphatic carbocycles. The van der Waals surface area contributed by atoms with Gasteiger partial charge in [0.1, 0.15) is 5.75 Å². The summed E-state index contributed by atoms with van der Waals surface area (Å²) < 4.78 is 5.09. The van der Waals surface area contributed by atoms with Gasteiger partial charge in [0.15, 0.2) is 0 Å². The average Bonchev–Trinajstić information content (AvgIpc) is 2.35. The lowest BCUT2D eigenvalue weighted by Crippen LogP contribution is -2.19. The van der Waals surface area contributed by atoms with Gasteiger partial charge in [-0.05, 0) is 31.5 Å². The molecule has 1 rings (SSSR count). The fraction of sp³-hybridized carbons (Fsp3) is 0.333. The highest BCUT2D eigenvalue weighted by Gasteiger charge is 2.12. The third-order valence-electron chi connectivity index (χ3n) is 2.27. The second-order valence-electron chi connectivity index (χ2n) is 3.49. The Morgan fingerprint density at radius 2 is 2.24 bits per heavy atom. The molecule has 0 aliphatic heterocycles. The standard InChI is InChI=1S/C12H15ClN2O2/c1-4-8(2)14-15-12(16)10-7-9(13)5-6-11(10)17-3/h5-7H,4H2,1-3H3,(H,15,16)/b14-8+. The Morgan fingerprint density at radius 3 is 2.82 bits per heavy atom. The Balaban J connectivity index is 2.91. The molecule has 0 heterocycles. The minimum Gasteiger partial charge on any atom is -0.496 e. The summed E-state index contributed by atoms with van der Waals surface area (Å²) in [5.74, 6) is 0.133. The van der Waals surface area contributed by atoms with Crippen LogP contribution >= 0.6 is 11.6 Å². The van der Waals surface area contributed by atoms with E-state index in [0.717, 1.165) is 12.1 Å². The lowest BCUT2D eigenvalue weighted by molar-refractivity contribution is 0.0951. The Hall–Kier alpha value is -1.55. The number of carbonyl (C=O) groups excluding carboxylic acids is 1. The zero-order chi connectivity index (χ0) is 12.8. The molecule has 1 N–H and O–H groups in total.